The molecule has 0 atom stereocenters. The van der Waals surface area contributed by atoms with Crippen LogP contribution in [-0.2, 0) is 0 Å². The van der Waals surface area contributed by atoms with Gasteiger partial charge in [0.25, 0.3) is 11.6 Å². The van der Waals surface area contributed by atoms with Crippen LogP contribution in [0.3, 0.4) is 0 Å². The van der Waals surface area contributed by atoms with Gasteiger partial charge in [0.15, 0.2) is 0 Å². The lowest BCUT2D eigenvalue weighted by Gasteiger charge is -2.18. The van der Waals surface area contributed by atoms with Crippen molar-refractivity contribution < 1.29 is 14.5 Å². The van der Waals surface area contributed by atoms with Crippen LogP contribution >= 0.6 is 0 Å². The summed E-state index contributed by atoms with van der Waals surface area (Å²) in [6.45, 7) is 7.24. The largest absolute Gasteiger partial charge is 0.496 e. The van der Waals surface area contributed by atoms with E-state index in [-0.39, 0.29) is 17.3 Å². The first-order valence-corrected chi connectivity index (χ1v) is 6.86. The molecule has 1 aromatic rings. The molecule has 0 saturated heterocycles. The third kappa shape index (κ3) is 4.71. The lowest BCUT2D eigenvalue weighted by atomic mass is 10.1. The number of rotatable bonds is 8. The van der Waals surface area contributed by atoms with Gasteiger partial charge in [0, 0.05) is 19.2 Å². The van der Waals surface area contributed by atoms with Crippen molar-refractivity contribution in [3.05, 3.63) is 33.9 Å². The van der Waals surface area contributed by atoms with E-state index < -0.39 is 4.92 Å². The maximum atomic E-state index is 12.1. The molecule has 0 fully saturated rings. The standard InChI is InChI=1S/C14H21N3O4/c1-4-16(5-2)9-8-15-14(18)12-7-6-11(17(19)20)10-13(12)21-3/h6-7,10H,4-5,8-9H2,1-3H3,(H,15,18). The summed E-state index contributed by atoms with van der Waals surface area (Å²) in [5.41, 5.74) is 0.189. The maximum absolute atomic E-state index is 12.1. The zero-order chi connectivity index (χ0) is 15.8. The third-order valence-electron chi connectivity index (χ3n) is 3.25. The molecule has 7 heteroatoms. The van der Waals surface area contributed by atoms with Gasteiger partial charge in [-0.25, -0.2) is 0 Å². The minimum atomic E-state index is -0.523. The van der Waals surface area contributed by atoms with Gasteiger partial charge in [-0.3, -0.25) is 14.9 Å². The van der Waals surface area contributed by atoms with Crippen molar-refractivity contribution in [2.75, 3.05) is 33.3 Å². The molecule has 0 aliphatic carbocycles. The molecule has 0 saturated carbocycles. The number of ether oxygens (including phenoxy) is 1. The van der Waals surface area contributed by atoms with E-state index in [9.17, 15) is 14.9 Å². The number of methoxy groups -OCH3 is 1. The molecular weight excluding hydrogens is 274 g/mol. The number of carbonyl (C=O) groups is 1. The van der Waals surface area contributed by atoms with E-state index in [4.69, 9.17) is 4.74 Å². The molecule has 0 spiro atoms. The van der Waals surface area contributed by atoms with Gasteiger partial charge in [-0.1, -0.05) is 13.8 Å². The number of non-ortho nitro benzene ring substituents is 1. The molecule has 1 rings (SSSR count). The highest BCUT2D eigenvalue weighted by Gasteiger charge is 2.16. The average molecular weight is 295 g/mol. The first-order valence-electron chi connectivity index (χ1n) is 6.86. The van der Waals surface area contributed by atoms with E-state index >= 15 is 0 Å². The summed E-state index contributed by atoms with van der Waals surface area (Å²) in [7, 11) is 1.38. The molecular formula is C14H21N3O4. The smallest absolute Gasteiger partial charge is 0.273 e. The number of hydrogen-bond acceptors (Lipinski definition) is 5. The van der Waals surface area contributed by atoms with Gasteiger partial charge in [-0.05, 0) is 19.2 Å². The number of nitro groups is 1. The van der Waals surface area contributed by atoms with E-state index in [0.717, 1.165) is 19.6 Å². The highest BCUT2D eigenvalue weighted by molar-refractivity contribution is 5.97. The average Bonchev–Trinajstić information content (AvgIpc) is 2.50. The Balaban J connectivity index is 2.71. The predicted molar refractivity (Wildman–Crippen MR) is 79.8 cm³/mol. The molecule has 0 unspecified atom stereocenters. The fraction of sp³-hybridized carbons (Fsp3) is 0.500. The number of carbonyl (C=O) groups excluding carboxylic acids is 1. The molecule has 7 nitrogen and oxygen atoms in total. The Labute approximate surface area is 124 Å². The van der Waals surface area contributed by atoms with Gasteiger partial charge in [0.2, 0.25) is 0 Å². The number of nitro benzene ring substituents is 1. The van der Waals surface area contributed by atoms with Crippen LogP contribution in [0.1, 0.15) is 24.2 Å². The summed E-state index contributed by atoms with van der Waals surface area (Å²) in [5, 5.41) is 13.5. The van der Waals surface area contributed by atoms with Gasteiger partial charge in [0.05, 0.1) is 23.7 Å². The van der Waals surface area contributed by atoms with E-state index in [1.165, 1.54) is 25.3 Å². The summed E-state index contributed by atoms with van der Waals surface area (Å²) in [6, 6.07) is 3.95. The molecule has 0 bridgehead atoms. The van der Waals surface area contributed by atoms with Crippen LogP contribution in [0.25, 0.3) is 0 Å². The second-order valence-corrected chi connectivity index (χ2v) is 4.42. The molecule has 1 N–H and O–H groups in total. The molecule has 0 radical (unpaired) electrons. The Morgan fingerprint density at radius 2 is 2.05 bits per heavy atom. The molecule has 1 aromatic carbocycles. The van der Waals surface area contributed by atoms with Gasteiger partial charge in [0.1, 0.15) is 5.75 Å². The van der Waals surface area contributed by atoms with Crippen LogP contribution in [0.2, 0.25) is 0 Å². The third-order valence-corrected chi connectivity index (χ3v) is 3.25. The van der Waals surface area contributed by atoms with Gasteiger partial charge in [-0.2, -0.15) is 0 Å². The fourth-order valence-electron chi connectivity index (χ4n) is 1.94. The highest BCUT2D eigenvalue weighted by Crippen LogP contribution is 2.24. The molecule has 1 amide bonds. The van der Waals surface area contributed by atoms with Crippen LogP contribution in [0.4, 0.5) is 5.69 Å². The zero-order valence-electron chi connectivity index (χ0n) is 12.6. The summed E-state index contributed by atoms with van der Waals surface area (Å²) < 4.78 is 5.05. The van der Waals surface area contributed by atoms with Crippen molar-refractivity contribution in [3.8, 4) is 5.75 Å². The SMILES string of the molecule is CCN(CC)CCNC(=O)c1ccc([N+](=O)[O-])cc1OC. The van der Waals surface area contributed by atoms with Crippen molar-refractivity contribution in [2.45, 2.75) is 13.8 Å². The van der Waals surface area contributed by atoms with Gasteiger partial charge >= 0.3 is 0 Å². The van der Waals surface area contributed by atoms with Crippen LogP contribution in [0.15, 0.2) is 18.2 Å². The molecule has 0 aliphatic heterocycles. The van der Waals surface area contributed by atoms with Gasteiger partial charge < -0.3 is 15.0 Å². The Morgan fingerprint density at radius 3 is 2.57 bits per heavy atom. The van der Waals surface area contributed by atoms with Crippen molar-refractivity contribution in [2.24, 2.45) is 0 Å². The molecule has 116 valence electrons. The molecule has 0 aliphatic rings. The van der Waals surface area contributed by atoms with Crippen LogP contribution in [0, 0.1) is 10.1 Å². The lowest BCUT2D eigenvalue weighted by molar-refractivity contribution is -0.384. The number of nitrogens with one attached hydrogen (secondary N) is 1. The Kier molecular flexibility index (Phi) is 6.61. The minimum Gasteiger partial charge on any atom is -0.496 e. The van der Waals surface area contributed by atoms with Crippen molar-refractivity contribution in [1.82, 2.24) is 10.2 Å². The van der Waals surface area contributed by atoms with Crippen LogP contribution in [-0.4, -0.2) is 49.0 Å². The Hall–Kier alpha value is -2.15. The van der Waals surface area contributed by atoms with Gasteiger partial charge in [-0.15, -0.1) is 0 Å². The first kappa shape index (κ1) is 16.9. The number of benzene rings is 1. The first-order chi connectivity index (χ1) is 10.0. The topological polar surface area (TPSA) is 84.7 Å². The minimum absolute atomic E-state index is 0.105. The van der Waals surface area contributed by atoms with E-state index in [1.54, 1.807) is 0 Å². The Bertz CT molecular complexity index is 501. The van der Waals surface area contributed by atoms with E-state index in [1.807, 2.05) is 0 Å². The Morgan fingerprint density at radius 1 is 1.38 bits per heavy atom. The van der Waals surface area contributed by atoms with E-state index in [2.05, 4.69) is 24.1 Å². The monoisotopic (exact) mass is 295 g/mol. The number of nitrogens with zero attached hydrogens (tertiary/aromatic N) is 2. The van der Waals surface area contributed by atoms with Crippen LogP contribution in [0.5, 0.6) is 5.75 Å². The molecule has 0 heterocycles. The molecule has 21 heavy (non-hydrogen) atoms. The van der Waals surface area contributed by atoms with E-state index in [0.29, 0.717) is 12.1 Å². The lowest BCUT2D eigenvalue weighted by Crippen LogP contribution is -2.34. The predicted octanol–water partition coefficient (Wildman–Crippen LogP) is 1.68. The van der Waals surface area contributed by atoms with Crippen molar-refractivity contribution in [1.29, 1.82) is 0 Å². The molecule has 0 aromatic heterocycles. The quantitative estimate of drug-likeness (QED) is 0.582. The summed E-state index contributed by atoms with van der Waals surface area (Å²) in [4.78, 5) is 24.5. The normalized spacial score (nSPS) is 10.5. The van der Waals surface area contributed by atoms with Crippen molar-refractivity contribution in [3.63, 3.8) is 0 Å². The second kappa shape index (κ2) is 8.21. The fourth-order valence-corrected chi connectivity index (χ4v) is 1.94. The van der Waals surface area contributed by atoms with Crippen LogP contribution < -0.4 is 10.1 Å². The number of amides is 1. The van der Waals surface area contributed by atoms with Crippen molar-refractivity contribution >= 4 is 11.6 Å². The maximum Gasteiger partial charge on any atom is 0.273 e. The number of likely N-dealkylation sites (N-methyl/N-ethyl adjacent to an activating group) is 1. The highest BCUT2D eigenvalue weighted by atomic mass is 16.6. The number of hydrogen-bond donors (Lipinski definition) is 1. The summed E-state index contributed by atoms with van der Waals surface area (Å²) in [5.74, 6) is -0.0987. The summed E-state index contributed by atoms with van der Waals surface area (Å²) in [6.07, 6.45) is 0. The second-order valence-electron chi connectivity index (χ2n) is 4.42. The summed E-state index contributed by atoms with van der Waals surface area (Å²) >= 11 is 0. The zero-order valence-corrected chi connectivity index (χ0v) is 12.6.